The van der Waals surface area contributed by atoms with Crippen molar-refractivity contribution >= 4 is 6.08 Å². The highest BCUT2D eigenvalue weighted by atomic mass is 16.5. The summed E-state index contributed by atoms with van der Waals surface area (Å²) in [6.07, 6.45) is 2.86. The molecule has 78 valence electrons. The zero-order valence-corrected chi connectivity index (χ0v) is 8.52. The summed E-state index contributed by atoms with van der Waals surface area (Å²) in [7, 11) is 2.90. The molecule has 4 heteroatoms. The number of methoxy groups -OCH3 is 2. The molecule has 0 aliphatic heterocycles. The molecule has 0 atom stereocenters. The minimum atomic E-state index is -0.0694. The van der Waals surface area contributed by atoms with Crippen LogP contribution in [0.5, 0.6) is 17.2 Å². The number of phenolic OH excluding ortho intramolecular Hbond substituents is 1. The summed E-state index contributed by atoms with van der Waals surface area (Å²) in [5.74, 6) is 0.557. The van der Waals surface area contributed by atoms with Crippen LogP contribution in [0.15, 0.2) is 18.2 Å². The molecule has 15 heavy (non-hydrogen) atoms. The third-order valence-corrected chi connectivity index (χ3v) is 1.89. The van der Waals surface area contributed by atoms with Crippen LogP contribution in [0, 0.1) is 11.3 Å². The largest absolute Gasteiger partial charge is 0.502 e. The summed E-state index contributed by atoms with van der Waals surface area (Å²) in [5.41, 5.74) is 0.623. The summed E-state index contributed by atoms with van der Waals surface area (Å²) in [5, 5.41) is 18.1. The van der Waals surface area contributed by atoms with E-state index in [0.717, 1.165) is 0 Å². The first-order chi connectivity index (χ1) is 7.24. The molecule has 1 N–H and O–H groups in total. The number of ether oxygens (including phenoxy) is 2. The Morgan fingerprint density at radius 3 is 2.60 bits per heavy atom. The summed E-state index contributed by atoms with van der Waals surface area (Å²) in [6, 6.07) is 5.17. The van der Waals surface area contributed by atoms with Crippen LogP contribution in [0.4, 0.5) is 0 Å². The number of allylic oxidation sites excluding steroid dienone is 1. The minimum absolute atomic E-state index is 0.0694. The van der Waals surface area contributed by atoms with E-state index in [1.165, 1.54) is 20.3 Å². The Balaban J connectivity index is 3.25. The van der Waals surface area contributed by atoms with E-state index in [-0.39, 0.29) is 5.75 Å². The van der Waals surface area contributed by atoms with Crippen molar-refractivity contribution in [2.24, 2.45) is 0 Å². The third kappa shape index (κ3) is 2.20. The maximum Gasteiger partial charge on any atom is 0.201 e. The third-order valence-electron chi connectivity index (χ3n) is 1.89. The van der Waals surface area contributed by atoms with Gasteiger partial charge in [-0.1, -0.05) is 0 Å². The highest BCUT2D eigenvalue weighted by molar-refractivity contribution is 5.66. The fraction of sp³-hybridized carbons (Fsp3) is 0.182. The van der Waals surface area contributed by atoms with Crippen molar-refractivity contribution in [1.29, 1.82) is 5.26 Å². The van der Waals surface area contributed by atoms with Crippen molar-refractivity contribution in [2.75, 3.05) is 14.2 Å². The first-order valence-electron chi connectivity index (χ1n) is 4.24. The minimum Gasteiger partial charge on any atom is -0.502 e. The molecule has 0 fully saturated rings. The molecular formula is C11H11NO3. The number of aromatic hydroxyl groups is 1. The second kappa shape index (κ2) is 4.91. The summed E-state index contributed by atoms with van der Waals surface area (Å²) in [6.45, 7) is 0. The van der Waals surface area contributed by atoms with E-state index in [1.54, 1.807) is 18.2 Å². The van der Waals surface area contributed by atoms with Gasteiger partial charge >= 0.3 is 0 Å². The zero-order chi connectivity index (χ0) is 11.3. The lowest BCUT2D eigenvalue weighted by atomic mass is 10.1. The van der Waals surface area contributed by atoms with Gasteiger partial charge in [0.05, 0.1) is 20.3 Å². The lowest BCUT2D eigenvalue weighted by molar-refractivity contribution is 0.339. The first kappa shape index (κ1) is 10.9. The molecule has 0 saturated heterocycles. The fourth-order valence-electron chi connectivity index (χ4n) is 1.21. The van der Waals surface area contributed by atoms with E-state index in [9.17, 15) is 5.11 Å². The van der Waals surface area contributed by atoms with Crippen molar-refractivity contribution in [2.45, 2.75) is 0 Å². The van der Waals surface area contributed by atoms with Crippen molar-refractivity contribution in [3.8, 4) is 23.3 Å². The molecule has 1 rings (SSSR count). The van der Waals surface area contributed by atoms with E-state index >= 15 is 0 Å². The monoisotopic (exact) mass is 205 g/mol. The Hall–Kier alpha value is -2.15. The Kier molecular flexibility index (Phi) is 3.58. The Bertz CT molecular complexity index is 419. The average Bonchev–Trinajstić information content (AvgIpc) is 2.26. The van der Waals surface area contributed by atoms with Gasteiger partial charge in [0.15, 0.2) is 11.5 Å². The highest BCUT2D eigenvalue weighted by Crippen LogP contribution is 2.39. The van der Waals surface area contributed by atoms with Crippen LogP contribution < -0.4 is 9.47 Å². The molecule has 1 aromatic carbocycles. The molecule has 1 aromatic rings. The predicted molar refractivity (Wildman–Crippen MR) is 55.9 cm³/mol. The van der Waals surface area contributed by atoms with Crippen LogP contribution in [0.2, 0.25) is 0 Å². The van der Waals surface area contributed by atoms with Crippen LogP contribution in [0.25, 0.3) is 6.08 Å². The number of hydrogen-bond acceptors (Lipinski definition) is 4. The number of benzene rings is 1. The molecule has 4 nitrogen and oxygen atoms in total. The number of nitrogens with zero attached hydrogens (tertiary/aromatic N) is 1. The van der Waals surface area contributed by atoms with Crippen LogP contribution in [-0.2, 0) is 0 Å². The quantitative estimate of drug-likeness (QED) is 0.766. The maximum absolute atomic E-state index is 9.70. The first-order valence-corrected chi connectivity index (χ1v) is 4.24. The second-order valence-corrected chi connectivity index (χ2v) is 2.70. The summed E-state index contributed by atoms with van der Waals surface area (Å²) in [4.78, 5) is 0. The van der Waals surface area contributed by atoms with E-state index < -0.39 is 0 Å². The van der Waals surface area contributed by atoms with Gasteiger partial charge in [-0.15, -0.1) is 0 Å². The average molecular weight is 205 g/mol. The van der Waals surface area contributed by atoms with E-state index in [0.29, 0.717) is 17.1 Å². The lowest BCUT2D eigenvalue weighted by Crippen LogP contribution is -1.91. The van der Waals surface area contributed by atoms with Gasteiger partial charge in [0.1, 0.15) is 0 Å². The van der Waals surface area contributed by atoms with E-state index in [1.807, 2.05) is 6.07 Å². The number of nitriles is 1. The maximum atomic E-state index is 9.70. The van der Waals surface area contributed by atoms with Crippen molar-refractivity contribution in [1.82, 2.24) is 0 Å². The second-order valence-electron chi connectivity index (χ2n) is 2.70. The molecular weight excluding hydrogens is 194 g/mol. The number of hydrogen-bond donors (Lipinski definition) is 1. The summed E-state index contributed by atoms with van der Waals surface area (Å²) >= 11 is 0. The standard InChI is InChI=1S/C11H11NO3/c1-14-9-6-5-8(4-3-7-12)11(15-2)10(9)13/h3-6,13H,1-2H3/b4-3+. The van der Waals surface area contributed by atoms with Gasteiger partial charge in [-0.2, -0.15) is 5.26 Å². The molecule has 0 aliphatic carbocycles. The number of phenols is 1. The molecule has 0 saturated carbocycles. The van der Waals surface area contributed by atoms with Gasteiger partial charge in [0.25, 0.3) is 0 Å². The molecule has 0 heterocycles. The van der Waals surface area contributed by atoms with Gasteiger partial charge in [-0.3, -0.25) is 0 Å². The van der Waals surface area contributed by atoms with E-state index in [2.05, 4.69) is 0 Å². The van der Waals surface area contributed by atoms with Crippen LogP contribution in [-0.4, -0.2) is 19.3 Å². The Morgan fingerprint density at radius 2 is 2.07 bits per heavy atom. The van der Waals surface area contributed by atoms with Crippen molar-refractivity contribution < 1.29 is 14.6 Å². The molecule has 0 spiro atoms. The van der Waals surface area contributed by atoms with E-state index in [4.69, 9.17) is 14.7 Å². The molecule has 0 amide bonds. The van der Waals surface area contributed by atoms with Gasteiger partial charge in [-0.05, 0) is 18.2 Å². The van der Waals surface area contributed by atoms with Crippen molar-refractivity contribution in [3.05, 3.63) is 23.8 Å². The smallest absolute Gasteiger partial charge is 0.201 e. The fourth-order valence-corrected chi connectivity index (χ4v) is 1.21. The molecule has 0 unspecified atom stereocenters. The van der Waals surface area contributed by atoms with Crippen molar-refractivity contribution in [3.63, 3.8) is 0 Å². The van der Waals surface area contributed by atoms with Gasteiger partial charge in [-0.25, -0.2) is 0 Å². The zero-order valence-electron chi connectivity index (χ0n) is 8.52. The normalized spacial score (nSPS) is 9.93. The molecule has 0 aromatic heterocycles. The molecule has 0 aliphatic rings. The van der Waals surface area contributed by atoms with Crippen LogP contribution in [0.3, 0.4) is 0 Å². The van der Waals surface area contributed by atoms with Gasteiger partial charge < -0.3 is 14.6 Å². The number of rotatable bonds is 3. The topological polar surface area (TPSA) is 62.5 Å². The molecule has 0 radical (unpaired) electrons. The SMILES string of the molecule is COc1ccc(/C=C/C#N)c(OC)c1O. The molecule has 0 bridgehead atoms. The predicted octanol–water partition coefficient (Wildman–Crippen LogP) is 1.95. The lowest BCUT2D eigenvalue weighted by Gasteiger charge is -2.10. The summed E-state index contributed by atoms with van der Waals surface area (Å²) < 4.78 is 9.95. The Morgan fingerprint density at radius 1 is 1.33 bits per heavy atom. The van der Waals surface area contributed by atoms with Gasteiger partial charge in [0.2, 0.25) is 5.75 Å². The van der Waals surface area contributed by atoms with Gasteiger partial charge in [0, 0.05) is 11.6 Å². The van der Waals surface area contributed by atoms with Crippen LogP contribution >= 0.6 is 0 Å². The van der Waals surface area contributed by atoms with Crippen LogP contribution in [0.1, 0.15) is 5.56 Å². The Labute approximate surface area is 88.0 Å². The highest BCUT2D eigenvalue weighted by Gasteiger charge is 2.11.